The lowest BCUT2D eigenvalue weighted by molar-refractivity contribution is -0.136. The molecule has 0 aliphatic carbocycles. The molecule has 124 valence electrons. The summed E-state index contributed by atoms with van der Waals surface area (Å²) in [5, 5.41) is 2.88. The monoisotopic (exact) mass is 332 g/mol. The van der Waals surface area contributed by atoms with E-state index in [4.69, 9.17) is 0 Å². The van der Waals surface area contributed by atoms with Crippen LogP contribution in [0.5, 0.6) is 0 Å². The number of rotatable bonds is 3. The van der Waals surface area contributed by atoms with Crippen LogP contribution in [0.25, 0.3) is 0 Å². The molecule has 3 rings (SSSR count). The molecule has 0 radical (unpaired) electrons. The Kier molecular flexibility index (Phi) is 5.60. The van der Waals surface area contributed by atoms with Crippen molar-refractivity contribution < 1.29 is 9.59 Å². The molecule has 2 aliphatic rings. The fourth-order valence-corrected chi connectivity index (χ4v) is 4.29. The molecule has 1 aromatic carbocycles. The van der Waals surface area contributed by atoms with Gasteiger partial charge in [0.1, 0.15) is 6.04 Å². The van der Waals surface area contributed by atoms with Crippen LogP contribution < -0.4 is 5.32 Å². The second-order valence-corrected chi connectivity index (χ2v) is 7.55. The standard InChI is InChI=1S/C18H24N2O2S/c21-17-8-11-23-13-16(19-17)18(22)20-9-6-15(7-10-20)12-14-4-2-1-3-5-14/h1-5,15-16H,6-13H2,(H,19,21). The number of thioether (sulfide) groups is 1. The maximum atomic E-state index is 12.6. The van der Waals surface area contributed by atoms with Crippen molar-refractivity contribution in [2.45, 2.75) is 31.7 Å². The molecule has 1 aromatic rings. The summed E-state index contributed by atoms with van der Waals surface area (Å²) >= 11 is 1.69. The van der Waals surface area contributed by atoms with E-state index in [9.17, 15) is 9.59 Å². The summed E-state index contributed by atoms with van der Waals surface area (Å²) in [5.74, 6) is 2.28. The fraction of sp³-hybridized carbons (Fsp3) is 0.556. The van der Waals surface area contributed by atoms with Gasteiger partial charge in [-0.2, -0.15) is 11.8 Å². The van der Waals surface area contributed by atoms with Gasteiger partial charge in [0.2, 0.25) is 11.8 Å². The predicted molar refractivity (Wildman–Crippen MR) is 93.3 cm³/mol. The third kappa shape index (κ3) is 4.50. The molecule has 0 saturated carbocycles. The first-order chi connectivity index (χ1) is 11.2. The van der Waals surface area contributed by atoms with Crippen LogP contribution in [0.2, 0.25) is 0 Å². The number of nitrogens with one attached hydrogen (secondary N) is 1. The molecule has 0 aromatic heterocycles. The average Bonchev–Trinajstić information content (AvgIpc) is 2.80. The van der Waals surface area contributed by atoms with Crippen molar-refractivity contribution in [2.24, 2.45) is 5.92 Å². The molecule has 2 heterocycles. The van der Waals surface area contributed by atoms with Crippen LogP contribution >= 0.6 is 11.8 Å². The minimum atomic E-state index is -0.333. The van der Waals surface area contributed by atoms with Crippen molar-refractivity contribution in [3.63, 3.8) is 0 Å². The average molecular weight is 332 g/mol. The van der Waals surface area contributed by atoms with E-state index in [2.05, 4.69) is 29.6 Å². The van der Waals surface area contributed by atoms with Crippen molar-refractivity contribution in [1.29, 1.82) is 0 Å². The molecular formula is C18H24N2O2S. The summed E-state index contributed by atoms with van der Waals surface area (Å²) in [5.41, 5.74) is 1.38. The zero-order valence-electron chi connectivity index (χ0n) is 13.4. The topological polar surface area (TPSA) is 49.4 Å². The van der Waals surface area contributed by atoms with Gasteiger partial charge in [0, 0.05) is 31.0 Å². The minimum absolute atomic E-state index is 0.00677. The summed E-state index contributed by atoms with van der Waals surface area (Å²) in [6.45, 7) is 1.63. The van der Waals surface area contributed by atoms with Gasteiger partial charge in [0.25, 0.3) is 0 Å². The molecule has 2 fully saturated rings. The maximum absolute atomic E-state index is 12.6. The van der Waals surface area contributed by atoms with E-state index in [1.165, 1.54) is 5.56 Å². The fourth-order valence-electron chi connectivity index (χ4n) is 3.33. The number of carbonyl (C=O) groups is 2. The van der Waals surface area contributed by atoms with Gasteiger partial charge in [0.05, 0.1) is 0 Å². The van der Waals surface area contributed by atoms with Crippen LogP contribution in [-0.4, -0.2) is 47.4 Å². The second kappa shape index (κ2) is 7.86. The summed E-state index contributed by atoms with van der Waals surface area (Å²) in [6, 6.07) is 10.2. The molecule has 2 aliphatic heterocycles. The van der Waals surface area contributed by atoms with Crippen LogP contribution in [-0.2, 0) is 16.0 Å². The Labute approximate surface area is 142 Å². The highest BCUT2D eigenvalue weighted by Crippen LogP contribution is 2.23. The minimum Gasteiger partial charge on any atom is -0.343 e. The van der Waals surface area contributed by atoms with Gasteiger partial charge in [-0.25, -0.2) is 0 Å². The molecular weight excluding hydrogens is 308 g/mol. The molecule has 5 heteroatoms. The molecule has 0 bridgehead atoms. The van der Waals surface area contributed by atoms with Crippen molar-refractivity contribution in [2.75, 3.05) is 24.6 Å². The lowest BCUT2D eigenvalue weighted by Crippen LogP contribution is -2.51. The predicted octanol–water partition coefficient (Wildman–Crippen LogP) is 2.09. The normalized spacial score (nSPS) is 23.2. The van der Waals surface area contributed by atoms with Crippen LogP contribution in [0.3, 0.4) is 0 Å². The Morgan fingerprint density at radius 1 is 1.22 bits per heavy atom. The molecule has 1 N–H and O–H groups in total. The number of hydrogen-bond donors (Lipinski definition) is 1. The number of likely N-dealkylation sites (tertiary alicyclic amines) is 1. The zero-order chi connectivity index (χ0) is 16.1. The highest BCUT2D eigenvalue weighted by molar-refractivity contribution is 7.99. The van der Waals surface area contributed by atoms with Crippen molar-refractivity contribution >= 4 is 23.6 Å². The van der Waals surface area contributed by atoms with Crippen LogP contribution in [0.15, 0.2) is 30.3 Å². The number of hydrogen-bond acceptors (Lipinski definition) is 3. The molecule has 23 heavy (non-hydrogen) atoms. The zero-order valence-corrected chi connectivity index (χ0v) is 14.2. The Morgan fingerprint density at radius 2 is 1.96 bits per heavy atom. The quantitative estimate of drug-likeness (QED) is 0.922. The first-order valence-electron chi connectivity index (χ1n) is 8.42. The van der Waals surface area contributed by atoms with Gasteiger partial charge in [0.15, 0.2) is 0 Å². The van der Waals surface area contributed by atoms with E-state index in [1.54, 1.807) is 11.8 Å². The Morgan fingerprint density at radius 3 is 2.70 bits per heavy atom. The summed E-state index contributed by atoms with van der Waals surface area (Å²) in [6.07, 6.45) is 3.72. The molecule has 0 spiro atoms. The van der Waals surface area contributed by atoms with Crippen molar-refractivity contribution in [3.8, 4) is 0 Å². The third-order valence-electron chi connectivity index (χ3n) is 4.68. The van der Waals surface area contributed by atoms with Gasteiger partial charge in [-0.3, -0.25) is 9.59 Å². The lowest BCUT2D eigenvalue weighted by Gasteiger charge is -2.34. The van der Waals surface area contributed by atoms with Crippen molar-refractivity contribution in [3.05, 3.63) is 35.9 Å². The van der Waals surface area contributed by atoms with Gasteiger partial charge >= 0.3 is 0 Å². The molecule has 1 atom stereocenters. The van der Waals surface area contributed by atoms with Crippen LogP contribution in [0.1, 0.15) is 24.8 Å². The number of benzene rings is 1. The van der Waals surface area contributed by atoms with Gasteiger partial charge < -0.3 is 10.2 Å². The summed E-state index contributed by atoms with van der Waals surface area (Å²) in [7, 11) is 0. The van der Waals surface area contributed by atoms with E-state index in [0.717, 1.165) is 38.1 Å². The summed E-state index contributed by atoms with van der Waals surface area (Å²) in [4.78, 5) is 26.2. The van der Waals surface area contributed by atoms with Gasteiger partial charge in [-0.1, -0.05) is 30.3 Å². The highest BCUT2D eigenvalue weighted by atomic mass is 32.2. The smallest absolute Gasteiger partial charge is 0.246 e. The first kappa shape index (κ1) is 16.4. The molecule has 4 nitrogen and oxygen atoms in total. The number of carbonyl (C=O) groups excluding carboxylic acids is 2. The van der Waals surface area contributed by atoms with E-state index in [-0.39, 0.29) is 17.9 Å². The van der Waals surface area contributed by atoms with Gasteiger partial charge in [-0.15, -0.1) is 0 Å². The third-order valence-corrected chi connectivity index (χ3v) is 5.75. The molecule has 1 unspecified atom stereocenters. The van der Waals surface area contributed by atoms with E-state index < -0.39 is 0 Å². The van der Waals surface area contributed by atoms with E-state index in [1.807, 2.05) is 11.0 Å². The number of amides is 2. The molecule has 2 amide bonds. The second-order valence-electron chi connectivity index (χ2n) is 6.40. The Bertz CT molecular complexity index is 541. The number of piperidine rings is 1. The SMILES string of the molecule is O=C1CCSCC(C(=O)N2CCC(Cc3ccccc3)CC2)N1. The van der Waals surface area contributed by atoms with E-state index >= 15 is 0 Å². The lowest BCUT2D eigenvalue weighted by atomic mass is 9.90. The maximum Gasteiger partial charge on any atom is 0.246 e. The number of nitrogens with zero attached hydrogens (tertiary/aromatic N) is 1. The van der Waals surface area contributed by atoms with Crippen LogP contribution in [0, 0.1) is 5.92 Å². The highest BCUT2D eigenvalue weighted by Gasteiger charge is 2.30. The Balaban J connectivity index is 1.50. The van der Waals surface area contributed by atoms with Gasteiger partial charge in [-0.05, 0) is 30.7 Å². The summed E-state index contributed by atoms with van der Waals surface area (Å²) < 4.78 is 0. The Hall–Kier alpha value is -1.49. The largest absolute Gasteiger partial charge is 0.343 e. The van der Waals surface area contributed by atoms with E-state index in [0.29, 0.717) is 18.1 Å². The van der Waals surface area contributed by atoms with Crippen LogP contribution in [0.4, 0.5) is 0 Å². The first-order valence-corrected chi connectivity index (χ1v) is 9.57. The molecule has 2 saturated heterocycles. The van der Waals surface area contributed by atoms with Crippen molar-refractivity contribution in [1.82, 2.24) is 10.2 Å².